The number of fused-ring (bicyclic) bond motifs is 3. The first-order chi connectivity index (χ1) is 18.2. The van der Waals surface area contributed by atoms with E-state index < -0.39 is 23.5 Å². The van der Waals surface area contributed by atoms with Gasteiger partial charge in [0.1, 0.15) is 0 Å². The summed E-state index contributed by atoms with van der Waals surface area (Å²) < 4.78 is 2.10. The summed E-state index contributed by atoms with van der Waals surface area (Å²) >= 11 is 0. The molecule has 5 aromatic rings. The summed E-state index contributed by atoms with van der Waals surface area (Å²) in [6.45, 7) is 4.06. The number of nitrogens with zero attached hydrogens (tertiary/aromatic N) is 1. The van der Waals surface area contributed by atoms with Crippen molar-refractivity contribution in [2.45, 2.75) is 19.9 Å². The van der Waals surface area contributed by atoms with Crippen LogP contribution in [0.4, 0.5) is 0 Å². The molecule has 0 bridgehead atoms. The molecule has 5 rings (SSSR count). The highest BCUT2D eigenvalue weighted by Crippen LogP contribution is 2.34. The second kappa shape index (κ2) is 9.44. The van der Waals surface area contributed by atoms with Gasteiger partial charge in [0.05, 0.1) is 11.1 Å². The van der Waals surface area contributed by atoms with Crippen LogP contribution in [-0.4, -0.2) is 38.3 Å². The topological polar surface area (TPSA) is 114 Å². The van der Waals surface area contributed by atoms with Gasteiger partial charge in [-0.2, -0.15) is 0 Å². The molecule has 4 aromatic carbocycles. The van der Waals surface area contributed by atoms with Gasteiger partial charge in [0, 0.05) is 50.1 Å². The zero-order valence-electron chi connectivity index (χ0n) is 20.6. The number of benzene rings is 4. The van der Waals surface area contributed by atoms with E-state index in [1.807, 2.05) is 26.0 Å². The fraction of sp³-hybridized carbons (Fsp3) is 0.0968. The van der Waals surface area contributed by atoms with Crippen LogP contribution in [0.1, 0.15) is 72.4 Å². The molecule has 0 aliphatic carbocycles. The predicted octanol–water partition coefficient (Wildman–Crippen LogP) is 6.23. The molecule has 38 heavy (non-hydrogen) atoms. The zero-order chi connectivity index (χ0) is 27.1. The molecule has 0 radical (unpaired) electrons. The van der Waals surface area contributed by atoms with E-state index in [0.29, 0.717) is 11.1 Å². The van der Waals surface area contributed by atoms with E-state index >= 15 is 0 Å². The lowest BCUT2D eigenvalue weighted by Gasteiger charge is -2.12. The Morgan fingerprint density at radius 3 is 1.29 bits per heavy atom. The number of aromatic carboxylic acids is 2. The standard InChI is InChI=1S/C31H23NO6/c1-17(2)32-26-13-11-18(28(33)20-7-3-5-9-22(20)30(35)36)15-24(26)25-16-19(12-14-27(25)32)29(34)21-8-4-6-10-23(21)31(37)38/h3-17H,1-2H3,(H,35,36)(H,37,38). The second-order valence-electron chi connectivity index (χ2n) is 9.29. The van der Waals surface area contributed by atoms with E-state index in [0.717, 1.165) is 21.8 Å². The van der Waals surface area contributed by atoms with Crippen LogP contribution >= 0.6 is 0 Å². The van der Waals surface area contributed by atoms with Gasteiger partial charge in [0.15, 0.2) is 11.6 Å². The molecule has 0 atom stereocenters. The maximum absolute atomic E-state index is 13.4. The van der Waals surface area contributed by atoms with E-state index in [4.69, 9.17) is 0 Å². The van der Waals surface area contributed by atoms with E-state index in [-0.39, 0.29) is 28.3 Å². The molecule has 0 saturated heterocycles. The van der Waals surface area contributed by atoms with Gasteiger partial charge in [-0.15, -0.1) is 0 Å². The lowest BCUT2D eigenvalue weighted by atomic mass is 9.95. The van der Waals surface area contributed by atoms with Crippen LogP contribution in [0.2, 0.25) is 0 Å². The second-order valence-corrected chi connectivity index (χ2v) is 9.29. The molecule has 0 saturated carbocycles. The minimum atomic E-state index is -1.18. The third kappa shape index (κ3) is 4.04. The van der Waals surface area contributed by atoms with Crippen molar-refractivity contribution in [1.82, 2.24) is 4.57 Å². The van der Waals surface area contributed by atoms with Gasteiger partial charge in [-0.3, -0.25) is 9.59 Å². The number of carboxylic acid groups (broad SMARTS) is 2. The van der Waals surface area contributed by atoms with Crippen molar-refractivity contribution in [3.63, 3.8) is 0 Å². The Balaban J connectivity index is 1.70. The lowest BCUT2D eigenvalue weighted by molar-refractivity contribution is 0.0683. The minimum Gasteiger partial charge on any atom is -0.478 e. The van der Waals surface area contributed by atoms with Gasteiger partial charge in [0.2, 0.25) is 0 Å². The molecule has 0 spiro atoms. The number of hydrogen-bond acceptors (Lipinski definition) is 4. The molecule has 0 aliphatic rings. The molecule has 0 fully saturated rings. The Morgan fingerprint density at radius 1 is 0.579 bits per heavy atom. The third-order valence-corrected chi connectivity index (χ3v) is 6.65. The van der Waals surface area contributed by atoms with E-state index in [1.54, 1.807) is 48.5 Å². The summed E-state index contributed by atoms with van der Waals surface area (Å²) in [5.41, 5.74) is 2.38. The lowest BCUT2D eigenvalue weighted by Crippen LogP contribution is -2.09. The molecule has 1 heterocycles. The zero-order valence-corrected chi connectivity index (χ0v) is 20.6. The fourth-order valence-electron chi connectivity index (χ4n) is 4.94. The van der Waals surface area contributed by atoms with Crippen LogP contribution in [0.5, 0.6) is 0 Å². The Kier molecular flexibility index (Phi) is 6.12. The molecule has 7 nitrogen and oxygen atoms in total. The smallest absolute Gasteiger partial charge is 0.336 e. The van der Waals surface area contributed by atoms with Crippen LogP contribution in [-0.2, 0) is 0 Å². The number of ketones is 2. The summed E-state index contributed by atoms with van der Waals surface area (Å²) in [7, 11) is 0. The Hall–Kier alpha value is -5.04. The quantitative estimate of drug-likeness (QED) is 0.253. The molecule has 2 N–H and O–H groups in total. The molecule has 1 aromatic heterocycles. The van der Waals surface area contributed by atoms with Crippen LogP contribution in [0, 0.1) is 0 Å². The largest absolute Gasteiger partial charge is 0.478 e. The van der Waals surface area contributed by atoms with Gasteiger partial charge in [0.25, 0.3) is 0 Å². The SMILES string of the molecule is CC(C)n1c2ccc(C(=O)c3ccccc3C(=O)O)cc2c2cc(C(=O)c3ccccc3C(=O)O)ccc21. The van der Waals surface area contributed by atoms with Crippen molar-refractivity contribution < 1.29 is 29.4 Å². The van der Waals surface area contributed by atoms with Crippen LogP contribution in [0.25, 0.3) is 21.8 Å². The molecular formula is C31H23NO6. The molecule has 188 valence electrons. The Bertz CT molecular complexity index is 1670. The van der Waals surface area contributed by atoms with Gasteiger partial charge < -0.3 is 14.8 Å². The van der Waals surface area contributed by atoms with Crippen molar-refractivity contribution in [2.75, 3.05) is 0 Å². The number of carbonyl (C=O) groups is 4. The van der Waals surface area contributed by atoms with Crippen molar-refractivity contribution in [3.05, 3.63) is 118 Å². The highest BCUT2D eigenvalue weighted by atomic mass is 16.4. The number of aromatic nitrogens is 1. The average Bonchev–Trinajstić information content (AvgIpc) is 3.25. The molecule has 0 unspecified atom stereocenters. The third-order valence-electron chi connectivity index (χ3n) is 6.65. The molecular weight excluding hydrogens is 482 g/mol. The van der Waals surface area contributed by atoms with Gasteiger partial charge in [-0.1, -0.05) is 36.4 Å². The Morgan fingerprint density at radius 2 is 0.947 bits per heavy atom. The van der Waals surface area contributed by atoms with Crippen molar-refractivity contribution in [3.8, 4) is 0 Å². The van der Waals surface area contributed by atoms with Crippen molar-refractivity contribution in [2.24, 2.45) is 0 Å². The molecule has 7 heteroatoms. The number of hydrogen-bond donors (Lipinski definition) is 2. The fourth-order valence-corrected chi connectivity index (χ4v) is 4.94. The Labute approximate surface area is 217 Å². The van der Waals surface area contributed by atoms with Crippen LogP contribution in [0.15, 0.2) is 84.9 Å². The summed E-state index contributed by atoms with van der Waals surface area (Å²) in [6, 6.07) is 22.7. The first kappa shape index (κ1) is 24.6. The van der Waals surface area contributed by atoms with Crippen molar-refractivity contribution in [1.29, 1.82) is 0 Å². The molecule has 0 aliphatic heterocycles. The summed E-state index contributed by atoms with van der Waals surface area (Å²) in [4.78, 5) is 50.1. The van der Waals surface area contributed by atoms with Crippen molar-refractivity contribution >= 4 is 45.3 Å². The summed E-state index contributed by atoms with van der Waals surface area (Å²) in [6.07, 6.45) is 0. The van der Waals surface area contributed by atoms with E-state index in [2.05, 4.69) is 4.57 Å². The first-order valence-corrected chi connectivity index (χ1v) is 12.0. The first-order valence-electron chi connectivity index (χ1n) is 12.0. The van der Waals surface area contributed by atoms with Gasteiger partial charge >= 0.3 is 11.9 Å². The minimum absolute atomic E-state index is 0.0681. The highest BCUT2D eigenvalue weighted by Gasteiger charge is 2.22. The van der Waals surface area contributed by atoms with Gasteiger partial charge in [-0.25, -0.2) is 9.59 Å². The predicted molar refractivity (Wildman–Crippen MR) is 143 cm³/mol. The summed E-state index contributed by atoms with van der Waals surface area (Å²) in [5, 5.41) is 20.6. The molecule has 0 amide bonds. The summed E-state index contributed by atoms with van der Waals surface area (Å²) in [5.74, 6) is -3.21. The maximum Gasteiger partial charge on any atom is 0.336 e. The van der Waals surface area contributed by atoms with E-state index in [9.17, 15) is 29.4 Å². The number of carboxylic acids is 2. The maximum atomic E-state index is 13.4. The number of rotatable bonds is 7. The van der Waals surface area contributed by atoms with E-state index in [1.165, 1.54) is 24.3 Å². The number of carbonyl (C=O) groups excluding carboxylic acids is 2. The van der Waals surface area contributed by atoms with Crippen LogP contribution in [0.3, 0.4) is 0 Å². The monoisotopic (exact) mass is 505 g/mol. The van der Waals surface area contributed by atoms with Crippen LogP contribution < -0.4 is 0 Å². The normalized spacial score (nSPS) is 11.2. The average molecular weight is 506 g/mol. The van der Waals surface area contributed by atoms with Gasteiger partial charge in [-0.05, 0) is 62.4 Å². The highest BCUT2D eigenvalue weighted by molar-refractivity contribution is 6.19.